The fraction of sp³-hybridized carbons (Fsp3) is 0.0517. The first-order valence-corrected chi connectivity index (χ1v) is 21.9. The van der Waals surface area contributed by atoms with Gasteiger partial charge in [-0.1, -0.05) is 140 Å². The molecule has 1 aliphatic carbocycles. The average molecular weight is 821 g/mol. The molecule has 1 unspecified atom stereocenters. The Kier molecular flexibility index (Phi) is 7.48. The molecule has 0 aliphatic heterocycles. The van der Waals surface area contributed by atoms with Gasteiger partial charge >= 0.3 is 0 Å². The molecule has 0 spiro atoms. The van der Waals surface area contributed by atoms with Gasteiger partial charge in [-0.3, -0.25) is 4.57 Å². The first kappa shape index (κ1) is 35.3. The zero-order valence-electron chi connectivity index (χ0n) is 34.5. The Balaban J connectivity index is 1.01. The SMILES string of the molecule is c1ccc2c(c1)-c1cc3ccccc3cc1CCC2c1ccc(-c2nc(-c3ccc4c(c3)oc3ccccc34)nc(-n3c4ccccc4c4ccccc43)n2)c2c1oc1ccccc12. The van der Waals surface area contributed by atoms with Crippen molar-refractivity contribution in [2.45, 2.75) is 18.8 Å². The molecule has 64 heavy (non-hydrogen) atoms. The molecule has 0 amide bonds. The summed E-state index contributed by atoms with van der Waals surface area (Å²) >= 11 is 0. The Morgan fingerprint density at radius 2 is 1.08 bits per heavy atom. The Labute approximate surface area is 366 Å². The van der Waals surface area contributed by atoms with E-state index in [2.05, 4.69) is 168 Å². The molecule has 1 aliphatic rings. The van der Waals surface area contributed by atoms with E-state index in [0.717, 1.165) is 95.2 Å². The summed E-state index contributed by atoms with van der Waals surface area (Å²) < 4.78 is 15.6. The number of hydrogen-bond acceptors (Lipinski definition) is 5. The second kappa shape index (κ2) is 13.6. The minimum absolute atomic E-state index is 0.0847. The van der Waals surface area contributed by atoms with Crippen LogP contribution in [-0.4, -0.2) is 19.5 Å². The molecule has 0 N–H and O–H groups in total. The van der Waals surface area contributed by atoms with E-state index < -0.39 is 0 Å². The molecule has 6 nitrogen and oxygen atoms in total. The van der Waals surface area contributed by atoms with Crippen molar-refractivity contribution >= 4 is 76.5 Å². The molecule has 9 aromatic carbocycles. The van der Waals surface area contributed by atoms with Gasteiger partial charge in [0.15, 0.2) is 11.6 Å². The molecule has 6 heteroatoms. The van der Waals surface area contributed by atoms with Gasteiger partial charge in [0.05, 0.1) is 11.0 Å². The van der Waals surface area contributed by atoms with Crippen molar-refractivity contribution in [3.8, 4) is 39.9 Å². The van der Waals surface area contributed by atoms with Gasteiger partial charge in [0.25, 0.3) is 0 Å². The predicted octanol–water partition coefficient (Wildman–Crippen LogP) is 15.0. The Morgan fingerprint density at radius 1 is 0.438 bits per heavy atom. The van der Waals surface area contributed by atoms with Gasteiger partial charge in [-0.25, -0.2) is 4.98 Å². The predicted molar refractivity (Wildman–Crippen MR) is 259 cm³/mol. The van der Waals surface area contributed by atoms with E-state index in [-0.39, 0.29) is 5.92 Å². The van der Waals surface area contributed by atoms with Crippen LogP contribution in [0.5, 0.6) is 0 Å². The van der Waals surface area contributed by atoms with Crippen LogP contribution in [0.4, 0.5) is 0 Å². The summed E-state index contributed by atoms with van der Waals surface area (Å²) in [7, 11) is 0. The summed E-state index contributed by atoms with van der Waals surface area (Å²) in [5.74, 6) is 1.74. The van der Waals surface area contributed by atoms with E-state index in [0.29, 0.717) is 17.6 Å². The van der Waals surface area contributed by atoms with Crippen LogP contribution in [0.25, 0.3) is 116 Å². The smallest absolute Gasteiger partial charge is 0.238 e. The number of aryl methyl sites for hydroxylation is 1. The molecule has 14 rings (SSSR count). The average Bonchev–Trinajstić information content (AvgIpc) is 4.00. The van der Waals surface area contributed by atoms with E-state index in [1.165, 1.54) is 33.0 Å². The molecule has 300 valence electrons. The molecular formula is C58H36N4O2. The first-order chi connectivity index (χ1) is 31.7. The summed E-state index contributed by atoms with van der Waals surface area (Å²) in [4.78, 5) is 16.1. The summed E-state index contributed by atoms with van der Waals surface area (Å²) in [5, 5.41) is 8.95. The third kappa shape index (κ3) is 5.23. The summed E-state index contributed by atoms with van der Waals surface area (Å²) in [6.07, 6.45) is 1.88. The fourth-order valence-electron chi connectivity index (χ4n) is 10.6. The molecule has 4 heterocycles. The first-order valence-electron chi connectivity index (χ1n) is 21.9. The maximum Gasteiger partial charge on any atom is 0.238 e. The van der Waals surface area contributed by atoms with Gasteiger partial charge in [-0.15, -0.1) is 0 Å². The molecule has 0 fully saturated rings. The highest BCUT2D eigenvalue weighted by Gasteiger charge is 2.29. The largest absolute Gasteiger partial charge is 0.456 e. The van der Waals surface area contributed by atoms with Gasteiger partial charge in [-0.05, 0) is 94.4 Å². The van der Waals surface area contributed by atoms with Crippen LogP contribution in [-0.2, 0) is 6.42 Å². The van der Waals surface area contributed by atoms with Crippen molar-refractivity contribution in [3.63, 3.8) is 0 Å². The van der Waals surface area contributed by atoms with E-state index in [9.17, 15) is 0 Å². The van der Waals surface area contributed by atoms with E-state index in [1.54, 1.807) is 0 Å². The van der Waals surface area contributed by atoms with Crippen LogP contribution in [0.2, 0.25) is 0 Å². The lowest BCUT2D eigenvalue weighted by Crippen LogP contribution is -2.07. The van der Waals surface area contributed by atoms with Crippen molar-refractivity contribution in [1.82, 2.24) is 19.5 Å². The molecule has 4 aromatic heterocycles. The number of fused-ring (bicyclic) bond motifs is 13. The van der Waals surface area contributed by atoms with E-state index >= 15 is 0 Å². The molecule has 0 saturated heterocycles. The van der Waals surface area contributed by atoms with E-state index in [4.69, 9.17) is 23.8 Å². The Bertz CT molecular complexity index is 4010. The Hall–Kier alpha value is -8.35. The van der Waals surface area contributed by atoms with Gasteiger partial charge in [0.2, 0.25) is 5.95 Å². The number of benzene rings is 9. The van der Waals surface area contributed by atoms with Crippen molar-refractivity contribution in [2.75, 3.05) is 0 Å². The van der Waals surface area contributed by atoms with Gasteiger partial charge in [0, 0.05) is 54.9 Å². The lowest BCUT2D eigenvalue weighted by atomic mass is 9.84. The third-order valence-corrected chi connectivity index (χ3v) is 13.5. The molecule has 0 radical (unpaired) electrons. The second-order valence-electron chi connectivity index (χ2n) is 17.0. The monoisotopic (exact) mass is 820 g/mol. The topological polar surface area (TPSA) is 69.9 Å². The van der Waals surface area contributed by atoms with Crippen molar-refractivity contribution in [2.24, 2.45) is 0 Å². The molecule has 0 bridgehead atoms. The number of furan rings is 2. The minimum atomic E-state index is 0.0847. The highest BCUT2D eigenvalue weighted by atomic mass is 16.3. The van der Waals surface area contributed by atoms with Crippen LogP contribution in [0.1, 0.15) is 29.0 Å². The van der Waals surface area contributed by atoms with Crippen molar-refractivity contribution < 1.29 is 8.83 Å². The van der Waals surface area contributed by atoms with Gasteiger partial charge in [-0.2, -0.15) is 9.97 Å². The number of hydrogen-bond donors (Lipinski definition) is 0. The summed E-state index contributed by atoms with van der Waals surface area (Å²) in [6, 6.07) is 66.6. The lowest BCUT2D eigenvalue weighted by Gasteiger charge is -2.19. The number of nitrogens with zero attached hydrogens (tertiary/aromatic N) is 4. The van der Waals surface area contributed by atoms with Gasteiger partial charge in [0.1, 0.15) is 22.3 Å². The highest BCUT2D eigenvalue weighted by Crippen LogP contribution is 2.47. The molecule has 1 atom stereocenters. The minimum Gasteiger partial charge on any atom is -0.456 e. The second-order valence-corrected chi connectivity index (χ2v) is 17.0. The lowest BCUT2D eigenvalue weighted by molar-refractivity contribution is 0.647. The standard InChI is InChI=1S/C58H36N4O2/c1-2-14-35-32-48-36(31-34(35)13-1)25-27-40(38-15-3-4-16-39(38)48)45-29-30-47(54-46-20-8-12-24-52(46)64-55(45)54)57-59-56(37-26-28-44-43-19-7-11-23-51(43)63-53(44)33-37)60-58(61-57)62-49-21-9-5-17-41(49)42-18-6-10-22-50(42)62/h1-24,26,28-33,40H,25,27H2. The van der Waals surface area contributed by atoms with Crippen LogP contribution in [0, 0.1) is 0 Å². The maximum absolute atomic E-state index is 7.02. The number of para-hydroxylation sites is 4. The molecule has 0 saturated carbocycles. The van der Waals surface area contributed by atoms with Crippen molar-refractivity contribution in [1.29, 1.82) is 0 Å². The third-order valence-electron chi connectivity index (χ3n) is 13.5. The van der Waals surface area contributed by atoms with Crippen molar-refractivity contribution in [3.05, 3.63) is 205 Å². The van der Waals surface area contributed by atoms with Crippen LogP contribution in [0.3, 0.4) is 0 Å². The normalized spacial score (nSPS) is 14.0. The van der Waals surface area contributed by atoms with Crippen LogP contribution in [0.15, 0.2) is 197 Å². The molecule has 13 aromatic rings. The zero-order valence-corrected chi connectivity index (χ0v) is 34.5. The highest BCUT2D eigenvalue weighted by molar-refractivity contribution is 6.13. The van der Waals surface area contributed by atoms with Crippen LogP contribution >= 0.6 is 0 Å². The summed E-state index contributed by atoms with van der Waals surface area (Å²) in [5.41, 5.74) is 13.5. The fourth-order valence-corrected chi connectivity index (χ4v) is 10.6. The Morgan fingerprint density at radius 3 is 1.89 bits per heavy atom. The zero-order chi connectivity index (χ0) is 41.9. The summed E-state index contributed by atoms with van der Waals surface area (Å²) in [6.45, 7) is 0. The number of aromatic nitrogens is 4. The number of rotatable bonds is 4. The molecular weight excluding hydrogens is 785 g/mol. The quantitative estimate of drug-likeness (QED) is 0.177. The van der Waals surface area contributed by atoms with E-state index in [1.807, 2.05) is 24.3 Å². The van der Waals surface area contributed by atoms with Crippen LogP contribution < -0.4 is 0 Å². The van der Waals surface area contributed by atoms with Gasteiger partial charge < -0.3 is 8.83 Å². The maximum atomic E-state index is 7.02.